The van der Waals surface area contributed by atoms with E-state index in [0.717, 1.165) is 5.69 Å². The first kappa shape index (κ1) is 13.5. The summed E-state index contributed by atoms with van der Waals surface area (Å²) in [5, 5.41) is 3.11. The Morgan fingerprint density at radius 2 is 2.06 bits per heavy atom. The van der Waals surface area contributed by atoms with Gasteiger partial charge in [-0.15, -0.1) is 0 Å². The van der Waals surface area contributed by atoms with E-state index in [1.54, 1.807) is 6.92 Å². The molecule has 8 heteroatoms. The normalized spacial score (nSPS) is 18.1. The Kier molecular flexibility index (Phi) is 4.00. The van der Waals surface area contributed by atoms with Crippen LogP contribution in [0.4, 0.5) is 0 Å². The van der Waals surface area contributed by atoms with Crippen molar-refractivity contribution < 1.29 is 12.8 Å². The molecule has 1 aromatic heterocycles. The molecule has 2 rings (SSSR count). The molecule has 1 aliphatic rings. The van der Waals surface area contributed by atoms with Crippen molar-refractivity contribution in [2.24, 2.45) is 0 Å². The number of aryl methyl sites for hydroxylation is 2. The Morgan fingerprint density at radius 3 is 2.61 bits per heavy atom. The molecule has 0 bridgehead atoms. The Hall–Kier alpha value is -0.960. The topological polar surface area (TPSA) is 87.5 Å². The summed E-state index contributed by atoms with van der Waals surface area (Å²) >= 11 is 0. The van der Waals surface area contributed by atoms with Gasteiger partial charge in [0.2, 0.25) is 5.89 Å². The standard InChI is InChI=1S/C10H18N4O3S/c1-8-9(2)17-10(13-8)7-12-18(15,16)14-5-3-11-4-6-14/h11-12H,3-7H2,1-2H3. The first-order chi connectivity index (χ1) is 8.49. The lowest BCUT2D eigenvalue weighted by Crippen LogP contribution is -2.50. The summed E-state index contributed by atoms with van der Waals surface area (Å²) in [7, 11) is -3.44. The van der Waals surface area contributed by atoms with Crippen LogP contribution in [0.2, 0.25) is 0 Å². The monoisotopic (exact) mass is 274 g/mol. The molecule has 0 aromatic carbocycles. The molecule has 2 N–H and O–H groups in total. The van der Waals surface area contributed by atoms with Crippen LogP contribution in [0.3, 0.4) is 0 Å². The molecule has 0 aliphatic carbocycles. The molecule has 2 heterocycles. The number of hydrogen-bond acceptors (Lipinski definition) is 5. The summed E-state index contributed by atoms with van der Waals surface area (Å²) in [6, 6.07) is 0. The maximum Gasteiger partial charge on any atom is 0.280 e. The fraction of sp³-hybridized carbons (Fsp3) is 0.700. The van der Waals surface area contributed by atoms with Crippen LogP contribution in [0.5, 0.6) is 0 Å². The molecule has 0 atom stereocenters. The van der Waals surface area contributed by atoms with E-state index in [4.69, 9.17) is 4.42 Å². The summed E-state index contributed by atoms with van der Waals surface area (Å²) in [5.74, 6) is 1.11. The number of rotatable bonds is 4. The molecule has 0 radical (unpaired) electrons. The van der Waals surface area contributed by atoms with Crippen molar-refractivity contribution >= 4 is 10.2 Å². The first-order valence-corrected chi connectivity index (χ1v) is 7.31. The van der Waals surface area contributed by atoms with E-state index < -0.39 is 10.2 Å². The summed E-state index contributed by atoms with van der Waals surface area (Å²) in [6.07, 6.45) is 0. The van der Waals surface area contributed by atoms with Gasteiger partial charge in [0.15, 0.2) is 0 Å². The van der Waals surface area contributed by atoms with E-state index in [1.165, 1.54) is 4.31 Å². The minimum Gasteiger partial charge on any atom is -0.444 e. The van der Waals surface area contributed by atoms with Gasteiger partial charge in [0, 0.05) is 26.2 Å². The number of nitrogens with one attached hydrogen (secondary N) is 2. The number of aromatic nitrogens is 1. The third-order valence-electron chi connectivity index (χ3n) is 2.89. The van der Waals surface area contributed by atoms with Gasteiger partial charge in [0.25, 0.3) is 10.2 Å². The number of oxazole rings is 1. The first-order valence-electron chi connectivity index (χ1n) is 5.87. The second kappa shape index (κ2) is 5.35. The maximum absolute atomic E-state index is 12.0. The van der Waals surface area contributed by atoms with E-state index in [2.05, 4.69) is 15.0 Å². The average molecular weight is 274 g/mol. The van der Waals surface area contributed by atoms with E-state index >= 15 is 0 Å². The zero-order chi connectivity index (χ0) is 13.2. The van der Waals surface area contributed by atoms with Crippen LogP contribution >= 0.6 is 0 Å². The van der Waals surface area contributed by atoms with E-state index in [1.807, 2.05) is 6.92 Å². The van der Waals surface area contributed by atoms with E-state index in [9.17, 15) is 8.42 Å². The van der Waals surface area contributed by atoms with Gasteiger partial charge in [-0.2, -0.15) is 17.4 Å². The molecule has 0 spiro atoms. The second-order valence-corrected chi connectivity index (χ2v) is 5.98. The SMILES string of the molecule is Cc1nc(CNS(=O)(=O)N2CCNCC2)oc1C. The smallest absolute Gasteiger partial charge is 0.280 e. The Balaban J connectivity index is 1.96. The van der Waals surface area contributed by atoms with E-state index in [-0.39, 0.29) is 6.54 Å². The highest BCUT2D eigenvalue weighted by Gasteiger charge is 2.23. The van der Waals surface area contributed by atoms with Gasteiger partial charge in [-0.25, -0.2) is 4.98 Å². The highest BCUT2D eigenvalue weighted by atomic mass is 32.2. The zero-order valence-corrected chi connectivity index (χ0v) is 11.4. The second-order valence-electron chi connectivity index (χ2n) is 4.22. The molecule has 1 aromatic rings. The maximum atomic E-state index is 12.0. The van der Waals surface area contributed by atoms with Crippen molar-refractivity contribution in [2.45, 2.75) is 20.4 Å². The third-order valence-corrected chi connectivity index (χ3v) is 4.45. The van der Waals surface area contributed by atoms with Crippen molar-refractivity contribution in [3.05, 3.63) is 17.3 Å². The molecule has 1 saturated heterocycles. The summed E-state index contributed by atoms with van der Waals surface area (Å²) in [6.45, 7) is 6.04. The highest BCUT2D eigenvalue weighted by Crippen LogP contribution is 2.09. The lowest BCUT2D eigenvalue weighted by molar-refractivity contribution is 0.352. The molecule has 0 unspecified atom stereocenters. The molecule has 102 valence electrons. The quantitative estimate of drug-likeness (QED) is 0.775. The number of piperazine rings is 1. The predicted molar refractivity (Wildman–Crippen MR) is 66.2 cm³/mol. The van der Waals surface area contributed by atoms with Crippen LogP contribution in [0.15, 0.2) is 4.42 Å². The zero-order valence-electron chi connectivity index (χ0n) is 10.6. The minimum absolute atomic E-state index is 0.0843. The fourth-order valence-electron chi connectivity index (χ4n) is 1.74. The molecular weight excluding hydrogens is 256 g/mol. The van der Waals surface area contributed by atoms with Crippen LogP contribution in [0.1, 0.15) is 17.3 Å². The molecule has 7 nitrogen and oxygen atoms in total. The molecule has 18 heavy (non-hydrogen) atoms. The fourth-order valence-corrected chi connectivity index (χ4v) is 2.90. The van der Waals surface area contributed by atoms with Gasteiger partial charge in [-0.05, 0) is 13.8 Å². The summed E-state index contributed by atoms with van der Waals surface area (Å²) in [5.41, 5.74) is 0.784. The largest absolute Gasteiger partial charge is 0.444 e. The van der Waals surface area contributed by atoms with Crippen LogP contribution in [-0.2, 0) is 16.8 Å². The Bertz CT molecular complexity index is 486. The number of hydrogen-bond donors (Lipinski definition) is 2. The van der Waals surface area contributed by atoms with Gasteiger partial charge in [0.1, 0.15) is 5.76 Å². The molecule has 0 saturated carbocycles. The van der Waals surface area contributed by atoms with Gasteiger partial charge >= 0.3 is 0 Å². The van der Waals surface area contributed by atoms with Crippen molar-refractivity contribution in [1.82, 2.24) is 19.3 Å². The van der Waals surface area contributed by atoms with Gasteiger partial charge in [-0.3, -0.25) is 0 Å². The van der Waals surface area contributed by atoms with Crippen molar-refractivity contribution in [2.75, 3.05) is 26.2 Å². The molecule has 1 aliphatic heterocycles. The summed E-state index contributed by atoms with van der Waals surface area (Å²) in [4.78, 5) is 4.13. The molecular formula is C10H18N4O3S. The van der Waals surface area contributed by atoms with Crippen LogP contribution in [-0.4, -0.2) is 43.9 Å². The van der Waals surface area contributed by atoms with Crippen molar-refractivity contribution in [3.8, 4) is 0 Å². The lowest BCUT2D eigenvalue weighted by atomic mass is 10.4. The predicted octanol–water partition coefficient (Wildman–Crippen LogP) is -0.469. The third kappa shape index (κ3) is 3.08. The summed E-state index contributed by atoms with van der Waals surface area (Å²) < 4.78 is 33.2. The minimum atomic E-state index is -3.44. The van der Waals surface area contributed by atoms with Gasteiger partial charge in [0.05, 0.1) is 12.2 Å². The van der Waals surface area contributed by atoms with Gasteiger partial charge in [-0.1, -0.05) is 0 Å². The van der Waals surface area contributed by atoms with Crippen LogP contribution < -0.4 is 10.0 Å². The van der Waals surface area contributed by atoms with Crippen molar-refractivity contribution in [1.29, 1.82) is 0 Å². The average Bonchev–Trinajstić information content (AvgIpc) is 2.68. The molecule has 1 fully saturated rings. The molecule has 0 amide bonds. The Labute approximate surface area is 107 Å². The number of nitrogens with zero attached hydrogens (tertiary/aromatic N) is 2. The lowest BCUT2D eigenvalue weighted by Gasteiger charge is -2.26. The van der Waals surface area contributed by atoms with Crippen LogP contribution in [0, 0.1) is 13.8 Å². The van der Waals surface area contributed by atoms with Crippen molar-refractivity contribution in [3.63, 3.8) is 0 Å². The van der Waals surface area contributed by atoms with Gasteiger partial charge < -0.3 is 9.73 Å². The highest BCUT2D eigenvalue weighted by molar-refractivity contribution is 7.87. The van der Waals surface area contributed by atoms with Crippen LogP contribution in [0.25, 0.3) is 0 Å². The van der Waals surface area contributed by atoms with E-state index in [0.29, 0.717) is 37.8 Å². The Morgan fingerprint density at radius 1 is 1.39 bits per heavy atom.